The largest absolute Gasteiger partial charge is 0.482 e. The van der Waals surface area contributed by atoms with E-state index >= 15 is 0 Å². The SMILES string of the molecule is CCCCCCCCC(CCCCCCCC)OC(=O)CCCC(=O)OCC(COC(=O)NCCN(CC)CC)COC(=[OH+])CCCC(=O)OC(CCCCCCCC)CCCCCCCC. The fourth-order valence-corrected chi connectivity index (χ4v) is 8.20. The van der Waals surface area contributed by atoms with Gasteiger partial charge in [-0.3, -0.25) is 14.4 Å². The number of amides is 1. The Kier molecular flexibility index (Phi) is 46.1. The van der Waals surface area contributed by atoms with E-state index in [9.17, 15) is 24.0 Å². The highest BCUT2D eigenvalue weighted by atomic mass is 16.6. The third-order valence-corrected chi connectivity index (χ3v) is 12.7. The van der Waals surface area contributed by atoms with E-state index in [4.69, 9.17) is 23.7 Å². The summed E-state index contributed by atoms with van der Waals surface area (Å²) in [7, 11) is 0. The van der Waals surface area contributed by atoms with Crippen LogP contribution in [0.2, 0.25) is 0 Å². The predicted octanol–water partition coefficient (Wildman–Crippen LogP) is 13.9. The molecule has 0 aliphatic carbocycles. The van der Waals surface area contributed by atoms with E-state index in [1.807, 2.05) is 0 Å². The van der Waals surface area contributed by atoms with E-state index in [1.165, 1.54) is 103 Å². The van der Waals surface area contributed by atoms with Gasteiger partial charge in [0.2, 0.25) is 0 Å². The third-order valence-electron chi connectivity index (χ3n) is 12.7. The van der Waals surface area contributed by atoms with E-state index < -0.39 is 18.0 Å². The van der Waals surface area contributed by atoms with Crippen molar-refractivity contribution < 1.29 is 47.7 Å². The minimum absolute atomic E-state index is 0.0428. The first-order valence-electron chi connectivity index (χ1n) is 28.0. The van der Waals surface area contributed by atoms with E-state index in [1.54, 1.807) is 0 Å². The average Bonchev–Trinajstić information content (AvgIpc) is 3.31. The van der Waals surface area contributed by atoms with E-state index in [0.717, 1.165) is 90.1 Å². The van der Waals surface area contributed by atoms with Gasteiger partial charge in [-0.05, 0) is 77.3 Å². The van der Waals surface area contributed by atoms with Crippen molar-refractivity contribution in [1.29, 1.82) is 0 Å². The van der Waals surface area contributed by atoms with Crippen LogP contribution in [-0.2, 0) is 38.1 Å². The lowest BCUT2D eigenvalue weighted by Crippen LogP contribution is -2.36. The molecule has 1 atom stereocenters. The summed E-state index contributed by atoms with van der Waals surface area (Å²) in [5, 5.41) is 2.76. The Morgan fingerprint density at radius 2 is 0.791 bits per heavy atom. The molecule has 394 valence electrons. The first kappa shape index (κ1) is 64.1. The van der Waals surface area contributed by atoms with Crippen LogP contribution >= 0.6 is 0 Å². The van der Waals surface area contributed by atoms with Crippen molar-refractivity contribution in [2.75, 3.05) is 46.0 Å². The first-order valence-corrected chi connectivity index (χ1v) is 28.0. The lowest BCUT2D eigenvalue weighted by Gasteiger charge is -2.19. The Morgan fingerprint density at radius 1 is 0.433 bits per heavy atom. The van der Waals surface area contributed by atoms with Gasteiger partial charge in [0, 0.05) is 32.4 Å². The highest BCUT2D eigenvalue weighted by Gasteiger charge is 2.24. The monoisotopic (exact) mass is 954 g/mol. The zero-order chi connectivity index (χ0) is 49.4. The van der Waals surface area contributed by atoms with Crippen molar-refractivity contribution >= 4 is 30.0 Å². The summed E-state index contributed by atoms with van der Waals surface area (Å²) in [5.41, 5.74) is 0. The maximum atomic E-state index is 12.9. The summed E-state index contributed by atoms with van der Waals surface area (Å²) in [6, 6.07) is 0. The average molecular weight is 954 g/mol. The molecule has 0 saturated heterocycles. The highest BCUT2D eigenvalue weighted by Crippen LogP contribution is 2.20. The second-order valence-electron chi connectivity index (χ2n) is 19.0. The number of ether oxygens (including phenoxy) is 5. The number of carbonyl (C=O) groups is 4. The molecule has 0 spiro atoms. The number of carbonyl (C=O) groups excluding carboxylic acids is 5. The summed E-state index contributed by atoms with van der Waals surface area (Å²) in [4.78, 5) is 64.1. The van der Waals surface area contributed by atoms with Crippen LogP contribution in [0.1, 0.15) is 260 Å². The summed E-state index contributed by atoms with van der Waals surface area (Å²) in [6.07, 6.45) is 32.6. The predicted molar refractivity (Wildman–Crippen MR) is 274 cm³/mol. The Morgan fingerprint density at radius 3 is 1.21 bits per heavy atom. The molecule has 0 aromatic heterocycles. The van der Waals surface area contributed by atoms with Crippen molar-refractivity contribution in [2.24, 2.45) is 5.92 Å². The maximum absolute atomic E-state index is 12.9. The van der Waals surface area contributed by atoms with Crippen molar-refractivity contribution in [3.63, 3.8) is 0 Å². The molecule has 0 radical (unpaired) electrons. The summed E-state index contributed by atoms with van der Waals surface area (Å²) >= 11 is 0. The number of nitrogens with one attached hydrogen (secondary N) is 1. The Labute approximate surface area is 410 Å². The minimum Gasteiger partial charge on any atom is -0.465 e. The third kappa shape index (κ3) is 42.9. The van der Waals surface area contributed by atoms with Gasteiger partial charge in [-0.1, -0.05) is 170 Å². The van der Waals surface area contributed by atoms with Crippen molar-refractivity contribution in [1.82, 2.24) is 10.2 Å². The molecule has 0 aromatic rings. The number of likely N-dealkylation sites (N-methyl/N-ethyl adjacent to an activating group) is 1. The normalized spacial score (nSPS) is 11.8. The van der Waals surface area contributed by atoms with Gasteiger partial charge in [-0.2, -0.15) is 0 Å². The smallest absolute Gasteiger partial charge is 0.465 e. The van der Waals surface area contributed by atoms with Crippen LogP contribution in [0.15, 0.2) is 0 Å². The van der Waals surface area contributed by atoms with Gasteiger partial charge < -0.3 is 38.7 Å². The van der Waals surface area contributed by atoms with Crippen molar-refractivity contribution in [3.8, 4) is 0 Å². The molecule has 0 aliphatic heterocycles. The second kappa shape index (κ2) is 48.1. The molecule has 67 heavy (non-hydrogen) atoms. The molecule has 1 amide bonds. The molecule has 2 N–H and O–H groups in total. The molecule has 12 nitrogen and oxygen atoms in total. The molecule has 1 unspecified atom stereocenters. The van der Waals surface area contributed by atoms with Gasteiger partial charge in [0.15, 0.2) is 6.61 Å². The van der Waals surface area contributed by atoms with Crippen LogP contribution in [0, 0.1) is 5.92 Å². The number of nitrogens with zero attached hydrogens (tertiary/aromatic N) is 1. The fourth-order valence-electron chi connectivity index (χ4n) is 8.20. The Balaban J connectivity index is 5.12. The molecular weight excluding hydrogens is 849 g/mol. The van der Waals surface area contributed by atoms with Gasteiger partial charge >= 0.3 is 30.0 Å². The van der Waals surface area contributed by atoms with Crippen LogP contribution in [0.5, 0.6) is 0 Å². The maximum Gasteiger partial charge on any atom is 0.482 e. The summed E-state index contributed by atoms with van der Waals surface area (Å²) < 4.78 is 28.6. The summed E-state index contributed by atoms with van der Waals surface area (Å²) in [6.45, 7) is 15.6. The molecule has 12 heteroatoms. The van der Waals surface area contributed by atoms with Crippen LogP contribution in [0.3, 0.4) is 0 Å². The van der Waals surface area contributed by atoms with Crippen LogP contribution in [-0.4, -0.2) is 97.9 Å². The second-order valence-corrected chi connectivity index (χ2v) is 19.0. The van der Waals surface area contributed by atoms with Gasteiger partial charge in [0.1, 0.15) is 31.8 Å². The lowest BCUT2D eigenvalue weighted by atomic mass is 10.0. The number of hydrogen-bond acceptors (Lipinski definition) is 10. The Hall–Kier alpha value is -2.89. The van der Waals surface area contributed by atoms with Crippen LogP contribution in [0.25, 0.3) is 0 Å². The molecule has 0 rings (SSSR count). The minimum atomic E-state index is -0.591. The molecular formula is C55H105N2O10+. The molecule has 0 aliphatic rings. The topological polar surface area (TPSA) is 151 Å². The number of esters is 4. The van der Waals surface area contributed by atoms with E-state index in [-0.39, 0.29) is 75.6 Å². The van der Waals surface area contributed by atoms with Gasteiger partial charge in [-0.25, -0.2) is 4.79 Å². The zero-order valence-corrected chi connectivity index (χ0v) is 44.3. The van der Waals surface area contributed by atoms with Gasteiger partial charge in [0.05, 0.1) is 5.92 Å². The number of unbranched alkanes of at least 4 members (excludes halogenated alkanes) is 20. The Bertz CT molecular complexity index is 1080. The molecule has 0 aromatic carbocycles. The zero-order valence-electron chi connectivity index (χ0n) is 44.3. The van der Waals surface area contributed by atoms with E-state index in [2.05, 4.69) is 51.8 Å². The highest BCUT2D eigenvalue weighted by molar-refractivity contribution is 5.73. The van der Waals surface area contributed by atoms with Gasteiger partial charge in [0.25, 0.3) is 0 Å². The number of hydrogen-bond donors (Lipinski definition) is 1. The number of alkyl carbamates (subject to hydrolysis) is 1. The first-order chi connectivity index (χ1) is 32.6. The van der Waals surface area contributed by atoms with E-state index in [0.29, 0.717) is 25.9 Å². The standard InChI is InChI=1S/C55H104N2O10/c1-7-13-17-21-25-29-35-49(36-30-26-22-18-14-8-2)66-53(60)41-33-39-51(58)63-45-48(47-65-55(62)56-43-44-57(11-5)12-6)46-64-52(59)40-34-42-54(61)67-50(37-31-27-23-19-15-9-3)38-32-28-24-20-16-10-4/h48-50H,7-47H2,1-6H3,(H,56,62)/p+1. The van der Waals surface area contributed by atoms with Crippen molar-refractivity contribution in [3.05, 3.63) is 0 Å². The van der Waals surface area contributed by atoms with Crippen molar-refractivity contribution in [2.45, 2.75) is 272 Å². The van der Waals surface area contributed by atoms with Crippen LogP contribution in [0.4, 0.5) is 4.79 Å². The molecule has 0 heterocycles. The molecule has 0 saturated carbocycles. The van der Waals surface area contributed by atoms with Crippen LogP contribution < -0.4 is 5.32 Å². The molecule has 0 bridgehead atoms. The van der Waals surface area contributed by atoms with Gasteiger partial charge in [-0.15, -0.1) is 0 Å². The number of rotatable bonds is 49. The summed E-state index contributed by atoms with van der Waals surface area (Å²) in [5.74, 6) is -1.82. The molecule has 0 fully saturated rings. The lowest BCUT2D eigenvalue weighted by molar-refractivity contribution is -0.151. The quantitative estimate of drug-likeness (QED) is 0.0270. The fraction of sp³-hybridized carbons (Fsp3) is 0.909.